The summed E-state index contributed by atoms with van der Waals surface area (Å²) in [5.41, 5.74) is 14.7. The molecule has 0 bridgehead atoms. The highest BCUT2D eigenvalue weighted by Gasteiger charge is 2.45. The second-order valence-corrected chi connectivity index (χ2v) is 14.7. The fourth-order valence-corrected chi connectivity index (χ4v) is 8.52. The van der Waals surface area contributed by atoms with Crippen LogP contribution in [0.2, 0.25) is 0 Å². The van der Waals surface area contributed by atoms with Gasteiger partial charge in [-0.3, -0.25) is 0 Å². The van der Waals surface area contributed by atoms with Gasteiger partial charge in [0.2, 0.25) is 0 Å². The number of ether oxygens (including phenoxy) is 1. The molecule has 0 saturated heterocycles. The Hall–Kier alpha value is -6.58. The fourth-order valence-electron chi connectivity index (χ4n) is 8.52. The van der Waals surface area contributed by atoms with Crippen LogP contribution in [0.3, 0.4) is 0 Å². The molecule has 0 aromatic heterocycles. The molecule has 0 N–H and O–H groups in total. The number of benzene rings is 8. The molecule has 53 heavy (non-hydrogen) atoms. The van der Waals surface area contributed by atoms with Crippen LogP contribution < -0.4 is 14.5 Å². The standard InChI is InChI=1S/C50H38N2O/c1-33-14-12-23-45-48(33)52-43-27-25-39(35-17-8-5-9-18-35)32-42(43)50(2,3)47-44(28-29-46(53-45)49(47)52)51(41-26-24-36-19-10-11-20-37(36)31-41)40-22-13-21-38(30-40)34-15-6-4-7-16-34/h4-32H,1-3H3. The molecule has 8 aromatic rings. The molecule has 254 valence electrons. The van der Waals surface area contributed by atoms with E-state index < -0.39 is 5.41 Å². The van der Waals surface area contributed by atoms with Gasteiger partial charge in [-0.1, -0.05) is 135 Å². The van der Waals surface area contributed by atoms with Gasteiger partial charge >= 0.3 is 0 Å². The van der Waals surface area contributed by atoms with Gasteiger partial charge in [-0.15, -0.1) is 0 Å². The SMILES string of the molecule is Cc1cccc2c1N1c3ccc(-c4ccccc4)cc3C(C)(C)c3c(N(c4cccc(-c5ccccc5)c4)c4ccc5ccccc5c4)ccc(c31)O2. The monoisotopic (exact) mass is 682 g/mol. The number of fused-ring (bicyclic) bond motifs is 5. The van der Waals surface area contributed by atoms with E-state index in [0.717, 1.165) is 39.9 Å². The zero-order chi connectivity index (χ0) is 35.7. The number of hydrogen-bond acceptors (Lipinski definition) is 3. The van der Waals surface area contributed by atoms with E-state index in [1.165, 1.54) is 55.4 Å². The van der Waals surface area contributed by atoms with E-state index in [1.807, 2.05) is 0 Å². The molecule has 10 rings (SSSR count). The van der Waals surface area contributed by atoms with E-state index in [2.05, 4.69) is 206 Å². The predicted molar refractivity (Wildman–Crippen MR) is 221 cm³/mol. The number of anilines is 6. The second kappa shape index (κ2) is 12.0. The Balaban J connectivity index is 1.27. The first-order valence-corrected chi connectivity index (χ1v) is 18.4. The molecule has 2 aliphatic heterocycles. The Morgan fingerprint density at radius 2 is 1.13 bits per heavy atom. The van der Waals surface area contributed by atoms with Gasteiger partial charge in [0.05, 0.1) is 22.7 Å². The minimum Gasteiger partial charge on any atom is -0.453 e. The Labute approximate surface area is 311 Å². The summed E-state index contributed by atoms with van der Waals surface area (Å²) < 4.78 is 6.83. The largest absolute Gasteiger partial charge is 0.453 e. The summed E-state index contributed by atoms with van der Waals surface area (Å²) in [7, 11) is 0. The smallest absolute Gasteiger partial charge is 0.152 e. The molecule has 0 fully saturated rings. The third kappa shape index (κ3) is 4.96. The van der Waals surface area contributed by atoms with Crippen molar-refractivity contribution in [2.45, 2.75) is 26.2 Å². The first kappa shape index (κ1) is 31.2. The van der Waals surface area contributed by atoms with Crippen LogP contribution in [-0.2, 0) is 5.41 Å². The number of hydrogen-bond donors (Lipinski definition) is 0. The summed E-state index contributed by atoms with van der Waals surface area (Å²) >= 11 is 0. The molecular weight excluding hydrogens is 645 g/mol. The third-order valence-electron chi connectivity index (χ3n) is 11.1. The number of aryl methyl sites for hydroxylation is 1. The topological polar surface area (TPSA) is 15.7 Å². The van der Waals surface area contributed by atoms with Crippen LogP contribution in [0.5, 0.6) is 11.5 Å². The number of rotatable bonds is 5. The van der Waals surface area contributed by atoms with E-state index in [1.54, 1.807) is 0 Å². The van der Waals surface area contributed by atoms with Crippen molar-refractivity contribution in [1.29, 1.82) is 0 Å². The van der Waals surface area contributed by atoms with Crippen LogP contribution in [0, 0.1) is 6.92 Å². The molecule has 3 nitrogen and oxygen atoms in total. The second-order valence-electron chi connectivity index (χ2n) is 14.7. The third-order valence-corrected chi connectivity index (χ3v) is 11.1. The van der Waals surface area contributed by atoms with Gasteiger partial charge in [0, 0.05) is 22.4 Å². The van der Waals surface area contributed by atoms with Gasteiger partial charge in [-0.25, -0.2) is 0 Å². The molecular formula is C50H38N2O. The van der Waals surface area contributed by atoms with Crippen molar-refractivity contribution in [3.05, 3.63) is 193 Å². The Morgan fingerprint density at radius 1 is 0.491 bits per heavy atom. The molecule has 0 radical (unpaired) electrons. The minimum atomic E-state index is -0.410. The van der Waals surface area contributed by atoms with Crippen molar-refractivity contribution in [1.82, 2.24) is 0 Å². The van der Waals surface area contributed by atoms with Gasteiger partial charge < -0.3 is 14.5 Å². The average molecular weight is 683 g/mol. The first-order valence-electron chi connectivity index (χ1n) is 18.4. The molecule has 2 heterocycles. The zero-order valence-corrected chi connectivity index (χ0v) is 30.0. The van der Waals surface area contributed by atoms with Crippen LogP contribution in [0.15, 0.2) is 176 Å². The van der Waals surface area contributed by atoms with Gasteiger partial charge in [-0.05, 0) is 106 Å². The van der Waals surface area contributed by atoms with Crippen molar-refractivity contribution < 1.29 is 4.74 Å². The van der Waals surface area contributed by atoms with Crippen LogP contribution in [0.1, 0.15) is 30.5 Å². The van der Waals surface area contributed by atoms with E-state index in [4.69, 9.17) is 4.74 Å². The van der Waals surface area contributed by atoms with Crippen molar-refractivity contribution in [2.24, 2.45) is 0 Å². The summed E-state index contributed by atoms with van der Waals surface area (Å²) in [6.07, 6.45) is 0. The molecule has 0 amide bonds. The van der Waals surface area contributed by atoms with Gasteiger partial charge in [0.1, 0.15) is 0 Å². The summed E-state index contributed by atoms with van der Waals surface area (Å²) in [5, 5.41) is 2.42. The van der Waals surface area contributed by atoms with Crippen LogP contribution in [0.25, 0.3) is 33.0 Å². The highest BCUT2D eigenvalue weighted by Crippen LogP contribution is 2.63. The minimum absolute atomic E-state index is 0.410. The Morgan fingerprint density at radius 3 is 1.91 bits per heavy atom. The lowest BCUT2D eigenvalue weighted by molar-refractivity contribution is 0.471. The lowest BCUT2D eigenvalue weighted by Gasteiger charge is -2.47. The van der Waals surface area contributed by atoms with Crippen molar-refractivity contribution in [2.75, 3.05) is 9.80 Å². The average Bonchev–Trinajstić information content (AvgIpc) is 3.20. The predicted octanol–water partition coefficient (Wildman–Crippen LogP) is 14.2. The molecule has 0 unspecified atom stereocenters. The van der Waals surface area contributed by atoms with E-state index in [-0.39, 0.29) is 0 Å². The highest BCUT2D eigenvalue weighted by atomic mass is 16.5. The van der Waals surface area contributed by atoms with Gasteiger partial charge in [0.15, 0.2) is 11.5 Å². The number of nitrogens with zero attached hydrogens (tertiary/aromatic N) is 2. The van der Waals surface area contributed by atoms with Gasteiger partial charge in [0.25, 0.3) is 0 Å². The van der Waals surface area contributed by atoms with Crippen LogP contribution >= 0.6 is 0 Å². The zero-order valence-electron chi connectivity index (χ0n) is 30.0. The fraction of sp³-hybridized carbons (Fsp3) is 0.0800. The van der Waals surface area contributed by atoms with Crippen molar-refractivity contribution >= 4 is 44.9 Å². The summed E-state index contributed by atoms with van der Waals surface area (Å²) in [5.74, 6) is 1.74. The molecule has 0 saturated carbocycles. The van der Waals surface area contributed by atoms with Gasteiger partial charge in [-0.2, -0.15) is 0 Å². The summed E-state index contributed by atoms with van der Waals surface area (Å²) in [4.78, 5) is 4.92. The Kier molecular flexibility index (Phi) is 7.06. The first-order chi connectivity index (χ1) is 26.0. The molecule has 8 aromatic carbocycles. The Bertz CT molecular complexity index is 2700. The summed E-state index contributed by atoms with van der Waals surface area (Å²) in [6, 6.07) is 63.5. The molecule has 3 heteroatoms. The van der Waals surface area contributed by atoms with E-state index >= 15 is 0 Å². The molecule has 0 aliphatic carbocycles. The lowest BCUT2D eigenvalue weighted by atomic mass is 9.71. The maximum Gasteiger partial charge on any atom is 0.152 e. The maximum atomic E-state index is 6.83. The summed E-state index contributed by atoms with van der Waals surface area (Å²) in [6.45, 7) is 6.94. The van der Waals surface area contributed by atoms with Crippen molar-refractivity contribution in [3.63, 3.8) is 0 Å². The quantitative estimate of drug-likeness (QED) is 0.180. The molecule has 0 atom stereocenters. The van der Waals surface area contributed by atoms with E-state index in [0.29, 0.717) is 0 Å². The maximum absolute atomic E-state index is 6.83. The highest BCUT2D eigenvalue weighted by molar-refractivity contribution is 6.00. The number of para-hydroxylation sites is 1. The normalized spacial score (nSPS) is 13.5. The van der Waals surface area contributed by atoms with Crippen molar-refractivity contribution in [3.8, 4) is 33.8 Å². The van der Waals surface area contributed by atoms with E-state index in [9.17, 15) is 0 Å². The molecule has 2 aliphatic rings. The van der Waals surface area contributed by atoms with Crippen LogP contribution in [0.4, 0.5) is 34.1 Å². The lowest BCUT2D eigenvalue weighted by Crippen LogP contribution is -2.34. The molecule has 0 spiro atoms. The van der Waals surface area contributed by atoms with Crippen LogP contribution in [-0.4, -0.2) is 0 Å².